The predicted molar refractivity (Wildman–Crippen MR) is 107 cm³/mol. The van der Waals surface area contributed by atoms with Gasteiger partial charge < -0.3 is 0 Å². The summed E-state index contributed by atoms with van der Waals surface area (Å²) in [5, 5.41) is 0.843. The van der Waals surface area contributed by atoms with Crippen molar-refractivity contribution in [3.63, 3.8) is 0 Å². The fourth-order valence-electron chi connectivity index (χ4n) is 2.54. The fraction of sp³-hybridized carbons (Fsp3) is 0.368. The number of benzene rings is 2. The molecule has 0 amide bonds. The fourth-order valence-corrected chi connectivity index (χ4v) is 5.35. The second-order valence-electron chi connectivity index (χ2n) is 5.97. The van der Waals surface area contributed by atoms with Crippen LogP contribution in [0.2, 0.25) is 5.02 Å². The second-order valence-corrected chi connectivity index (χ2v) is 9.43. The lowest BCUT2D eigenvalue weighted by atomic mass is 10.1. The minimum absolute atomic E-state index is 0.142. The van der Waals surface area contributed by atoms with Crippen LogP contribution in [0.1, 0.15) is 32.3 Å². The summed E-state index contributed by atoms with van der Waals surface area (Å²) in [5.74, 6) is 0. The van der Waals surface area contributed by atoms with E-state index < -0.39 is 10.0 Å². The van der Waals surface area contributed by atoms with Crippen LogP contribution in [0.4, 0.5) is 0 Å². The van der Waals surface area contributed by atoms with Crippen LogP contribution >= 0.6 is 23.4 Å². The van der Waals surface area contributed by atoms with Gasteiger partial charge >= 0.3 is 0 Å². The Balaban J connectivity index is 2.15. The monoisotopic (exact) mass is 397 g/mol. The summed E-state index contributed by atoms with van der Waals surface area (Å²) in [4.78, 5) is 1.40. The van der Waals surface area contributed by atoms with E-state index in [1.165, 1.54) is 0 Å². The summed E-state index contributed by atoms with van der Waals surface area (Å²) in [6.07, 6.45) is 1.59. The molecule has 25 heavy (non-hydrogen) atoms. The molecule has 0 bridgehead atoms. The smallest absolute Gasteiger partial charge is 0.207 e. The van der Waals surface area contributed by atoms with E-state index in [0.717, 1.165) is 23.3 Å². The molecule has 0 aromatic heterocycles. The summed E-state index contributed by atoms with van der Waals surface area (Å²) < 4.78 is 28.3. The summed E-state index contributed by atoms with van der Waals surface area (Å²) in [7, 11) is -3.53. The van der Waals surface area contributed by atoms with Crippen molar-refractivity contribution >= 4 is 33.4 Å². The highest BCUT2D eigenvalue weighted by atomic mass is 35.5. The van der Waals surface area contributed by atoms with Crippen molar-refractivity contribution in [2.75, 3.05) is 0 Å². The van der Waals surface area contributed by atoms with Crippen LogP contribution in [0.5, 0.6) is 0 Å². The van der Waals surface area contributed by atoms with Gasteiger partial charge in [-0.2, -0.15) is 0 Å². The van der Waals surface area contributed by atoms with Crippen LogP contribution in [0.15, 0.2) is 58.3 Å². The van der Waals surface area contributed by atoms with Gasteiger partial charge in [0, 0.05) is 21.2 Å². The zero-order valence-corrected chi connectivity index (χ0v) is 17.1. The average molecular weight is 398 g/mol. The van der Waals surface area contributed by atoms with Crippen LogP contribution in [0, 0.1) is 6.92 Å². The van der Waals surface area contributed by atoms with E-state index in [1.54, 1.807) is 23.9 Å². The number of halogens is 1. The van der Waals surface area contributed by atoms with Gasteiger partial charge in [-0.05, 0) is 56.2 Å². The molecular formula is C19H24ClNO2S2. The molecule has 0 unspecified atom stereocenters. The Morgan fingerprint density at radius 1 is 1.00 bits per heavy atom. The van der Waals surface area contributed by atoms with Gasteiger partial charge in [-0.1, -0.05) is 43.1 Å². The molecule has 0 aliphatic heterocycles. The first kappa shape index (κ1) is 20.3. The molecule has 136 valence electrons. The minimum atomic E-state index is -3.53. The number of aryl methyl sites for hydroxylation is 1. The van der Waals surface area contributed by atoms with Gasteiger partial charge in [-0.25, -0.2) is 13.1 Å². The van der Waals surface area contributed by atoms with E-state index in [4.69, 9.17) is 11.6 Å². The molecule has 0 heterocycles. The summed E-state index contributed by atoms with van der Waals surface area (Å²) in [6.45, 7) is 6.03. The Hall–Kier alpha value is -1.01. The molecule has 0 radical (unpaired) electrons. The molecule has 2 rings (SSSR count). The van der Waals surface area contributed by atoms with Gasteiger partial charge in [0.05, 0.1) is 4.90 Å². The zero-order valence-electron chi connectivity index (χ0n) is 14.7. The third-order valence-corrected chi connectivity index (χ3v) is 7.30. The summed E-state index contributed by atoms with van der Waals surface area (Å²) >= 11 is 7.62. The molecule has 0 saturated heterocycles. The van der Waals surface area contributed by atoms with Crippen LogP contribution in [0.3, 0.4) is 0 Å². The maximum Gasteiger partial charge on any atom is 0.240 e. The molecule has 3 nitrogen and oxygen atoms in total. The summed E-state index contributed by atoms with van der Waals surface area (Å²) in [5.41, 5.74) is 1.04. The van der Waals surface area contributed by atoms with Crippen LogP contribution in [-0.4, -0.2) is 19.7 Å². The van der Waals surface area contributed by atoms with Crippen molar-refractivity contribution in [2.45, 2.75) is 54.7 Å². The van der Waals surface area contributed by atoms with E-state index in [0.29, 0.717) is 9.92 Å². The van der Waals surface area contributed by atoms with Gasteiger partial charge in [0.1, 0.15) is 0 Å². The molecule has 0 aliphatic carbocycles. The maximum atomic E-state index is 12.7. The molecule has 1 N–H and O–H groups in total. The van der Waals surface area contributed by atoms with Crippen molar-refractivity contribution < 1.29 is 8.42 Å². The highest BCUT2D eigenvalue weighted by Crippen LogP contribution is 2.30. The molecule has 0 saturated carbocycles. The van der Waals surface area contributed by atoms with E-state index in [2.05, 4.69) is 11.6 Å². The van der Waals surface area contributed by atoms with Crippen LogP contribution in [-0.2, 0) is 10.0 Å². The number of hydrogen-bond donors (Lipinski definition) is 1. The van der Waals surface area contributed by atoms with Crippen molar-refractivity contribution in [3.05, 3.63) is 59.1 Å². The van der Waals surface area contributed by atoms with Gasteiger partial charge in [-0.15, -0.1) is 11.8 Å². The Morgan fingerprint density at radius 2 is 1.60 bits per heavy atom. The first-order chi connectivity index (χ1) is 11.9. The number of nitrogens with one attached hydrogen (secondary N) is 1. The average Bonchev–Trinajstić information content (AvgIpc) is 2.60. The lowest BCUT2D eigenvalue weighted by molar-refractivity contribution is 0.521. The number of hydrogen-bond acceptors (Lipinski definition) is 3. The van der Waals surface area contributed by atoms with Crippen molar-refractivity contribution in [2.24, 2.45) is 0 Å². The highest BCUT2D eigenvalue weighted by Gasteiger charge is 2.25. The number of sulfonamides is 1. The molecule has 2 aromatic carbocycles. The quantitative estimate of drug-likeness (QED) is 0.616. The van der Waals surface area contributed by atoms with Gasteiger partial charge in [0.2, 0.25) is 10.0 Å². The van der Waals surface area contributed by atoms with Crippen LogP contribution < -0.4 is 4.72 Å². The molecule has 6 heteroatoms. The van der Waals surface area contributed by atoms with E-state index in [9.17, 15) is 8.42 Å². The molecule has 2 aromatic rings. The Morgan fingerprint density at radius 3 is 2.12 bits per heavy atom. The Labute approximate surface area is 160 Å². The zero-order chi connectivity index (χ0) is 18.4. The molecule has 0 spiro atoms. The van der Waals surface area contributed by atoms with Gasteiger partial charge in [0.25, 0.3) is 0 Å². The van der Waals surface area contributed by atoms with E-state index in [1.807, 2.05) is 50.2 Å². The second kappa shape index (κ2) is 9.08. The Kier molecular flexibility index (Phi) is 7.37. The first-order valence-electron chi connectivity index (χ1n) is 8.37. The molecular weight excluding hydrogens is 374 g/mol. The molecule has 2 atom stereocenters. The Bertz CT molecular complexity index is 774. The minimum Gasteiger partial charge on any atom is -0.207 e. The maximum absolute atomic E-state index is 12.7. The predicted octanol–water partition coefficient (Wildman–Crippen LogP) is 5.28. The molecule has 0 aliphatic rings. The van der Waals surface area contributed by atoms with Crippen molar-refractivity contribution in [1.29, 1.82) is 0 Å². The molecule has 0 fully saturated rings. The highest BCUT2D eigenvalue weighted by molar-refractivity contribution is 8.00. The normalized spacial score (nSPS) is 14.2. The lowest BCUT2D eigenvalue weighted by Crippen LogP contribution is -2.41. The number of thioether (sulfide) groups is 1. The van der Waals surface area contributed by atoms with Crippen molar-refractivity contribution in [3.8, 4) is 0 Å². The lowest BCUT2D eigenvalue weighted by Gasteiger charge is -2.26. The van der Waals surface area contributed by atoms with Crippen molar-refractivity contribution in [1.82, 2.24) is 4.72 Å². The van der Waals surface area contributed by atoms with E-state index >= 15 is 0 Å². The van der Waals surface area contributed by atoms with E-state index in [-0.39, 0.29) is 11.3 Å². The topological polar surface area (TPSA) is 46.2 Å². The van der Waals surface area contributed by atoms with Gasteiger partial charge in [-0.3, -0.25) is 0 Å². The SMILES string of the molecule is CC[C@@H](NS(=O)(=O)c1ccc(C)cc1)[C@@H](CC)Sc1ccc(Cl)cc1. The largest absolute Gasteiger partial charge is 0.240 e. The number of rotatable bonds is 8. The first-order valence-corrected chi connectivity index (χ1v) is 11.1. The summed E-state index contributed by atoms with van der Waals surface area (Å²) in [6, 6.07) is 14.4. The van der Waals surface area contributed by atoms with Crippen LogP contribution in [0.25, 0.3) is 0 Å². The third kappa shape index (κ3) is 5.74. The van der Waals surface area contributed by atoms with Gasteiger partial charge in [0.15, 0.2) is 0 Å². The third-order valence-electron chi connectivity index (χ3n) is 4.03. The standard InChI is InChI=1S/C19H24ClNO2S2/c1-4-18(19(5-2)24-16-10-8-15(20)9-11-16)21-25(22,23)17-12-6-14(3)7-13-17/h6-13,18-19,21H,4-5H2,1-3H3/t18-,19-/m1/s1.